The number of hydrogen-bond acceptors (Lipinski definition) is 11. The Kier molecular flexibility index (Phi) is 11.2. The van der Waals surface area contributed by atoms with Crippen molar-refractivity contribution in [2.45, 2.75) is 139 Å². The second-order valence-corrected chi connectivity index (χ2v) is 20.4. The van der Waals surface area contributed by atoms with Crippen LogP contribution in [0.25, 0.3) is 11.0 Å². The standard InChI is InChI=1S/C40H52F4N6O9S/c1-7-22-27-19-50(28(22)32(51)48-39(18-23(39)31(41)42)35(53)49-60(55,56)38(5)14-15-38)34(52)30(37(2,3)4)47-36(54)59-26-16-20(26)10-8-9-13-40(43,44)29-33(58-27)46-25-17-21(57-6)11-12-24(25)45-29/h11-12,17,20,22-23,26-28,30-31H,7-10,13-16,18-19H2,1-6H3,(H,47,54)(H,48,51)(H,49,53)/t20-,22?,23?,26+,27?,28?,30?,39?/m1/s1. The molecule has 8 atom stereocenters. The molecule has 1 aromatic heterocycles. The molecule has 2 bridgehead atoms. The highest BCUT2D eigenvalue weighted by Crippen LogP contribution is 2.50. The number of benzene rings is 1. The molecule has 4 amide bonds. The molecular weight excluding hydrogens is 817 g/mol. The van der Waals surface area contributed by atoms with Gasteiger partial charge in [-0.05, 0) is 75.3 Å². The number of methoxy groups -OCH3 is 1. The van der Waals surface area contributed by atoms with Crippen LogP contribution < -0.4 is 24.8 Å². The Bertz CT molecular complexity index is 2170. The first kappa shape index (κ1) is 43.6. The van der Waals surface area contributed by atoms with Crippen molar-refractivity contribution in [2.75, 3.05) is 13.7 Å². The fraction of sp³-hybridized carbons (Fsp3) is 0.700. The maximum atomic E-state index is 16.3. The molecule has 0 spiro atoms. The van der Waals surface area contributed by atoms with Gasteiger partial charge in [-0.1, -0.05) is 34.1 Å². The molecule has 1 saturated heterocycles. The van der Waals surface area contributed by atoms with Gasteiger partial charge >= 0.3 is 6.09 Å². The van der Waals surface area contributed by atoms with Crippen LogP contribution in [0.3, 0.4) is 0 Å². The predicted octanol–water partition coefficient (Wildman–Crippen LogP) is 4.96. The van der Waals surface area contributed by atoms with Crippen molar-refractivity contribution in [3.8, 4) is 11.6 Å². The molecule has 2 aromatic rings. The zero-order valence-electron chi connectivity index (χ0n) is 34.4. The fourth-order valence-corrected chi connectivity index (χ4v) is 9.74. The third-order valence-electron chi connectivity index (χ3n) is 12.8. The van der Waals surface area contributed by atoms with E-state index in [0.29, 0.717) is 25.0 Å². The first-order chi connectivity index (χ1) is 28.0. The molecule has 3 N–H and O–H groups in total. The third-order valence-corrected chi connectivity index (χ3v) is 14.9. The lowest BCUT2D eigenvalue weighted by Crippen LogP contribution is -2.61. The SMILES string of the molecule is CCC1C2CN(C(=O)C(C(C)(C)C)NC(=O)O[C@H]3C[C@H]3CCCCC(F)(F)c3nc4ccc(OC)cc4nc3O2)C1C(=O)NC1(C(=O)NS(=O)(=O)C2(C)CC2)CC1C(F)F. The molecule has 330 valence electrons. The molecule has 5 aliphatic rings. The third kappa shape index (κ3) is 8.28. The summed E-state index contributed by atoms with van der Waals surface area (Å²) in [4.78, 5) is 66.3. The quantitative estimate of drug-likeness (QED) is 0.304. The summed E-state index contributed by atoms with van der Waals surface area (Å²) in [6.07, 6.45) is -4.91. The van der Waals surface area contributed by atoms with Gasteiger partial charge in [0.1, 0.15) is 35.6 Å². The van der Waals surface area contributed by atoms with Gasteiger partial charge in [-0.25, -0.2) is 32.0 Å². The highest BCUT2D eigenvalue weighted by atomic mass is 32.2. The Morgan fingerprint density at radius 2 is 1.78 bits per heavy atom. The van der Waals surface area contributed by atoms with Gasteiger partial charge in [0.25, 0.3) is 11.8 Å². The summed E-state index contributed by atoms with van der Waals surface area (Å²) < 4.78 is 105. The van der Waals surface area contributed by atoms with Crippen LogP contribution in [-0.2, 0) is 35.1 Å². The van der Waals surface area contributed by atoms with Crippen LogP contribution in [0.2, 0.25) is 0 Å². The summed E-state index contributed by atoms with van der Waals surface area (Å²) in [6, 6.07) is 1.59. The smallest absolute Gasteiger partial charge is 0.408 e. The van der Waals surface area contributed by atoms with E-state index in [9.17, 15) is 36.4 Å². The van der Waals surface area contributed by atoms with Crippen LogP contribution in [0, 0.1) is 23.2 Å². The highest BCUT2D eigenvalue weighted by molar-refractivity contribution is 7.91. The molecule has 3 heterocycles. The molecular formula is C40H52F4N6O9S. The van der Waals surface area contributed by atoms with Crippen molar-refractivity contribution >= 4 is 44.9 Å². The van der Waals surface area contributed by atoms with Gasteiger partial charge in [-0.2, -0.15) is 8.78 Å². The van der Waals surface area contributed by atoms with Crippen molar-refractivity contribution in [3.63, 3.8) is 0 Å². The lowest BCUT2D eigenvalue weighted by molar-refractivity contribution is -0.144. The number of nitrogens with zero attached hydrogens (tertiary/aromatic N) is 3. The minimum atomic E-state index is -4.31. The Hall–Kier alpha value is -4.49. The Labute approximate surface area is 345 Å². The minimum absolute atomic E-state index is 0.0516. The lowest BCUT2D eigenvalue weighted by Gasteiger charge is -2.36. The summed E-state index contributed by atoms with van der Waals surface area (Å²) in [5.41, 5.74) is -3.83. The van der Waals surface area contributed by atoms with Gasteiger partial charge in [-0.15, -0.1) is 0 Å². The zero-order valence-corrected chi connectivity index (χ0v) is 35.2. The van der Waals surface area contributed by atoms with Crippen LogP contribution in [-0.4, -0.2) is 102 Å². The molecule has 7 rings (SSSR count). The van der Waals surface area contributed by atoms with Crippen molar-refractivity contribution < 1.29 is 59.4 Å². The number of nitrogens with one attached hydrogen (secondary N) is 3. The maximum Gasteiger partial charge on any atom is 0.408 e. The first-order valence-electron chi connectivity index (χ1n) is 20.4. The lowest BCUT2D eigenvalue weighted by atomic mass is 9.85. The van der Waals surface area contributed by atoms with Gasteiger partial charge in [0.05, 0.1) is 35.4 Å². The minimum Gasteiger partial charge on any atom is -0.497 e. The van der Waals surface area contributed by atoms with Crippen LogP contribution in [0.15, 0.2) is 18.2 Å². The molecule has 1 aromatic carbocycles. The van der Waals surface area contributed by atoms with E-state index in [1.807, 2.05) is 4.72 Å². The van der Waals surface area contributed by atoms with E-state index in [0.717, 1.165) is 4.90 Å². The Morgan fingerprint density at radius 3 is 2.40 bits per heavy atom. The summed E-state index contributed by atoms with van der Waals surface area (Å²) in [5.74, 6) is -9.85. The van der Waals surface area contributed by atoms with Crippen molar-refractivity contribution in [2.24, 2.45) is 23.2 Å². The number of carbonyl (C=O) groups is 4. The second-order valence-electron chi connectivity index (χ2n) is 18.2. The maximum absolute atomic E-state index is 16.3. The summed E-state index contributed by atoms with van der Waals surface area (Å²) in [7, 11) is -2.89. The van der Waals surface area contributed by atoms with E-state index in [-0.39, 0.29) is 42.6 Å². The average Bonchev–Trinajstić information content (AvgIpc) is 4.12. The monoisotopic (exact) mass is 868 g/mol. The van der Waals surface area contributed by atoms with E-state index in [1.54, 1.807) is 33.8 Å². The Balaban J connectivity index is 1.30. The second kappa shape index (κ2) is 15.4. The Morgan fingerprint density at radius 1 is 1.07 bits per heavy atom. The van der Waals surface area contributed by atoms with Crippen molar-refractivity contribution in [3.05, 3.63) is 23.9 Å². The number of sulfonamides is 1. The summed E-state index contributed by atoms with van der Waals surface area (Å²) in [5, 5.41) is 5.06. The van der Waals surface area contributed by atoms with Gasteiger partial charge in [0.15, 0.2) is 5.69 Å². The number of halogens is 4. The first-order valence-corrected chi connectivity index (χ1v) is 21.9. The number of alkyl carbamates (subject to hydrolysis) is 1. The topological polar surface area (TPSA) is 195 Å². The molecule has 2 aliphatic heterocycles. The van der Waals surface area contributed by atoms with Gasteiger partial charge < -0.3 is 29.7 Å². The number of aromatic nitrogens is 2. The van der Waals surface area contributed by atoms with Crippen LogP contribution in [0.4, 0.5) is 22.4 Å². The van der Waals surface area contributed by atoms with Crippen molar-refractivity contribution in [1.29, 1.82) is 0 Å². The number of alkyl halides is 4. The molecule has 15 nitrogen and oxygen atoms in total. The number of rotatable bonds is 8. The largest absolute Gasteiger partial charge is 0.497 e. The van der Waals surface area contributed by atoms with Gasteiger partial charge in [-0.3, -0.25) is 19.1 Å². The number of amides is 4. The van der Waals surface area contributed by atoms with Gasteiger partial charge in [0.2, 0.25) is 34.1 Å². The van der Waals surface area contributed by atoms with Crippen LogP contribution in [0.5, 0.6) is 11.6 Å². The van der Waals surface area contributed by atoms with E-state index >= 15 is 8.78 Å². The zero-order chi connectivity index (χ0) is 43.7. The van der Waals surface area contributed by atoms with Crippen LogP contribution >= 0.6 is 0 Å². The summed E-state index contributed by atoms with van der Waals surface area (Å²) >= 11 is 0. The highest BCUT2D eigenvalue weighted by Gasteiger charge is 2.68. The molecule has 20 heteroatoms. The molecule has 3 aliphatic carbocycles. The van der Waals surface area contributed by atoms with Gasteiger partial charge in [0, 0.05) is 18.4 Å². The van der Waals surface area contributed by atoms with E-state index < -0.39 is 129 Å². The number of hydrogen-bond donors (Lipinski definition) is 3. The normalized spacial score (nSPS) is 31.3. The number of fused-ring (bicyclic) bond motifs is 5. The molecule has 0 radical (unpaired) electrons. The molecule has 60 heavy (non-hydrogen) atoms. The molecule has 3 saturated carbocycles. The van der Waals surface area contributed by atoms with E-state index in [2.05, 4.69) is 20.6 Å². The fourth-order valence-electron chi connectivity index (χ4n) is 8.43. The molecule has 4 fully saturated rings. The average molecular weight is 869 g/mol. The van der Waals surface area contributed by atoms with E-state index in [1.165, 1.54) is 26.2 Å². The van der Waals surface area contributed by atoms with Crippen LogP contribution in [0.1, 0.15) is 98.1 Å². The number of carbonyl (C=O) groups excluding carboxylic acids is 4. The molecule has 6 unspecified atom stereocenters. The van der Waals surface area contributed by atoms with E-state index in [4.69, 9.17) is 14.2 Å². The predicted molar refractivity (Wildman–Crippen MR) is 207 cm³/mol. The number of ether oxygens (including phenoxy) is 3. The summed E-state index contributed by atoms with van der Waals surface area (Å²) in [6.45, 7) is 7.62. The van der Waals surface area contributed by atoms with Crippen molar-refractivity contribution in [1.82, 2.24) is 30.2 Å².